The Labute approximate surface area is 176 Å². The van der Waals surface area contributed by atoms with E-state index in [4.69, 9.17) is 14.7 Å². The molecule has 2 aromatic rings. The summed E-state index contributed by atoms with van der Waals surface area (Å²) in [6, 6.07) is 3.48. The van der Waals surface area contributed by atoms with Gasteiger partial charge >= 0.3 is 0 Å². The summed E-state index contributed by atoms with van der Waals surface area (Å²) in [6.45, 7) is 6.22. The number of fused-ring (bicyclic) bond motifs is 1. The van der Waals surface area contributed by atoms with Crippen LogP contribution in [0.2, 0.25) is 0 Å². The zero-order valence-electron chi connectivity index (χ0n) is 17.7. The highest BCUT2D eigenvalue weighted by molar-refractivity contribution is 6.00. The lowest BCUT2D eigenvalue weighted by Crippen LogP contribution is -2.48. The quantitative estimate of drug-likeness (QED) is 0.750. The molecule has 2 aliphatic heterocycles. The Morgan fingerprint density at radius 1 is 1.27 bits per heavy atom. The predicted octanol–water partition coefficient (Wildman–Crippen LogP) is 1.91. The Bertz CT molecular complexity index is 965. The van der Waals surface area contributed by atoms with Crippen LogP contribution in [0.1, 0.15) is 47.2 Å². The van der Waals surface area contributed by atoms with E-state index in [9.17, 15) is 9.59 Å². The van der Waals surface area contributed by atoms with Crippen molar-refractivity contribution in [1.29, 1.82) is 0 Å². The van der Waals surface area contributed by atoms with Crippen molar-refractivity contribution >= 4 is 17.6 Å². The van der Waals surface area contributed by atoms with Gasteiger partial charge in [-0.15, -0.1) is 0 Å². The molecule has 0 saturated carbocycles. The number of hydrogen-bond acceptors (Lipinski definition) is 6. The molecule has 4 heterocycles. The fraction of sp³-hybridized carbons (Fsp3) is 0.500. The van der Waals surface area contributed by atoms with E-state index in [0.717, 1.165) is 24.1 Å². The van der Waals surface area contributed by atoms with E-state index in [-0.39, 0.29) is 17.2 Å². The minimum absolute atomic E-state index is 0.00175. The molecule has 0 aromatic carbocycles. The number of nitrogens with zero attached hydrogens (tertiary/aromatic N) is 5. The van der Waals surface area contributed by atoms with Crippen LogP contribution in [0, 0.1) is 6.92 Å². The van der Waals surface area contributed by atoms with Gasteiger partial charge in [0, 0.05) is 54.8 Å². The normalized spacial score (nSPS) is 21.1. The van der Waals surface area contributed by atoms with Gasteiger partial charge in [0.15, 0.2) is 0 Å². The fourth-order valence-corrected chi connectivity index (χ4v) is 4.33. The molecule has 0 unspecified atom stereocenters. The second kappa shape index (κ2) is 8.10. The van der Waals surface area contributed by atoms with Crippen LogP contribution in [-0.4, -0.2) is 65.0 Å². The Kier molecular flexibility index (Phi) is 5.51. The molecule has 0 spiro atoms. The van der Waals surface area contributed by atoms with E-state index in [2.05, 4.69) is 11.9 Å². The molecule has 0 aliphatic carbocycles. The first kappa shape index (κ1) is 20.4. The summed E-state index contributed by atoms with van der Waals surface area (Å²) < 4.78 is 5.16. The van der Waals surface area contributed by atoms with Crippen LogP contribution < -0.4 is 4.90 Å². The van der Waals surface area contributed by atoms with Crippen molar-refractivity contribution in [1.82, 2.24) is 19.9 Å². The zero-order chi connectivity index (χ0) is 21.3. The number of aromatic nitrogens is 3. The number of piperidine rings is 1. The van der Waals surface area contributed by atoms with Gasteiger partial charge in [0.05, 0.1) is 19.6 Å². The van der Waals surface area contributed by atoms with Crippen molar-refractivity contribution in [3.8, 4) is 0 Å². The maximum Gasteiger partial charge on any atom is 0.253 e. The van der Waals surface area contributed by atoms with E-state index >= 15 is 0 Å². The number of methoxy groups -OCH3 is 1. The van der Waals surface area contributed by atoms with Gasteiger partial charge in [-0.2, -0.15) is 0 Å². The van der Waals surface area contributed by atoms with E-state index in [1.807, 2.05) is 11.8 Å². The predicted molar refractivity (Wildman–Crippen MR) is 111 cm³/mol. The minimum atomic E-state index is -0.376. The molecule has 2 amide bonds. The Morgan fingerprint density at radius 3 is 2.77 bits per heavy atom. The summed E-state index contributed by atoms with van der Waals surface area (Å²) in [5.74, 6) is 1.42. The fourth-order valence-electron chi connectivity index (χ4n) is 4.33. The number of ether oxygens (including phenoxy) is 1. The number of pyridine rings is 1. The first-order valence-electron chi connectivity index (χ1n) is 10.3. The number of amides is 2. The SMILES string of the molecule is COCCN1C(=O)Cc2c(C)nc([C@]3(C)CCCN(C(=O)c4ccncc4)C3)nc21. The van der Waals surface area contributed by atoms with E-state index < -0.39 is 0 Å². The van der Waals surface area contributed by atoms with E-state index in [1.54, 1.807) is 36.5 Å². The number of likely N-dealkylation sites (tertiary alicyclic amines) is 1. The summed E-state index contributed by atoms with van der Waals surface area (Å²) >= 11 is 0. The Hall–Kier alpha value is -2.87. The average molecular weight is 409 g/mol. The molecule has 2 aliphatic rings. The molecule has 30 heavy (non-hydrogen) atoms. The van der Waals surface area contributed by atoms with Gasteiger partial charge in [-0.25, -0.2) is 9.97 Å². The number of carbonyl (C=O) groups is 2. The smallest absolute Gasteiger partial charge is 0.253 e. The van der Waals surface area contributed by atoms with Gasteiger partial charge in [-0.05, 0) is 31.9 Å². The van der Waals surface area contributed by atoms with Crippen molar-refractivity contribution in [3.05, 3.63) is 47.2 Å². The summed E-state index contributed by atoms with van der Waals surface area (Å²) in [6.07, 6.45) is 5.36. The molecule has 0 N–H and O–H groups in total. The van der Waals surface area contributed by atoms with Crippen molar-refractivity contribution in [2.45, 2.75) is 38.5 Å². The maximum atomic E-state index is 13.0. The second-order valence-electron chi connectivity index (χ2n) is 8.28. The first-order chi connectivity index (χ1) is 14.4. The number of anilines is 1. The van der Waals surface area contributed by atoms with E-state index in [0.29, 0.717) is 49.9 Å². The number of carbonyl (C=O) groups excluding carboxylic acids is 2. The molecule has 158 valence electrons. The molecular formula is C22H27N5O3. The topological polar surface area (TPSA) is 88.5 Å². The molecule has 8 nitrogen and oxygen atoms in total. The maximum absolute atomic E-state index is 13.0. The highest BCUT2D eigenvalue weighted by atomic mass is 16.5. The lowest BCUT2D eigenvalue weighted by atomic mass is 9.80. The van der Waals surface area contributed by atoms with Crippen LogP contribution in [0.15, 0.2) is 24.5 Å². The molecule has 0 radical (unpaired) electrons. The third-order valence-electron chi connectivity index (χ3n) is 6.05. The summed E-state index contributed by atoms with van der Waals surface area (Å²) in [5, 5.41) is 0. The van der Waals surface area contributed by atoms with Gasteiger partial charge < -0.3 is 9.64 Å². The number of aryl methyl sites for hydroxylation is 1. The van der Waals surface area contributed by atoms with Crippen LogP contribution in [0.5, 0.6) is 0 Å². The standard InChI is InChI=1S/C22H27N5O3/c1-15-17-13-18(28)27(11-12-30-3)19(17)25-21(24-15)22(2)7-4-10-26(14-22)20(29)16-5-8-23-9-6-16/h5-6,8-9H,4,7,10-14H2,1-3H3/t22-/m1/s1. The third-order valence-corrected chi connectivity index (χ3v) is 6.05. The van der Waals surface area contributed by atoms with Crippen LogP contribution in [0.3, 0.4) is 0 Å². The van der Waals surface area contributed by atoms with Crippen LogP contribution in [0.4, 0.5) is 5.82 Å². The molecule has 1 atom stereocenters. The lowest BCUT2D eigenvalue weighted by molar-refractivity contribution is -0.117. The van der Waals surface area contributed by atoms with Gasteiger partial charge in [0.1, 0.15) is 11.6 Å². The van der Waals surface area contributed by atoms with Crippen molar-refractivity contribution in [2.75, 3.05) is 38.3 Å². The molecular weight excluding hydrogens is 382 g/mol. The lowest BCUT2D eigenvalue weighted by Gasteiger charge is -2.39. The molecule has 1 fully saturated rings. The highest BCUT2D eigenvalue weighted by Crippen LogP contribution is 2.36. The van der Waals surface area contributed by atoms with Gasteiger partial charge in [-0.3, -0.25) is 19.5 Å². The molecule has 2 aromatic heterocycles. The van der Waals surface area contributed by atoms with Crippen LogP contribution in [-0.2, 0) is 21.4 Å². The molecule has 4 rings (SSSR count). The largest absolute Gasteiger partial charge is 0.383 e. The monoisotopic (exact) mass is 409 g/mol. The number of rotatable bonds is 5. The Morgan fingerprint density at radius 2 is 2.03 bits per heavy atom. The second-order valence-corrected chi connectivity index (χ2v) is 8.28. The van der Waals surface area contributed by atoms with Gasteiger partial charge in [0.25, 0.3) is 5.91 Å². The van der Waals surface area contributed by atoms with Crippen LogP contribution in [0.25, 0.3) is 0 Å². The van der Waals surface area contributed by atoms with Crippen molar-refractivity contribution in [2.24, 2.45) is 0 Å². The summed E-state index contributed by atoms with van der Waals surface area (Å²) in [5.41, 5.74) is 1.99. The molecule has 1 saturated heterocycles. The van der Waals surface area contributed by atoms with Gasteiger partial charge in [-0.1, -0.05) is 6.92 Å². The third kappa shape index (κ3) is 3.67. The average Bonchev–Trinajstić information content (AvgIpc) is 3.08. The summed E-state index contributed by atoms with van der Waals surface area (Å²) in [7, 11) is 1.62. The minimum Gasteiger partial charge on any atom is -0.383 e. The summed E-state index contributed by atoms with van der Waals surface area (Å²) in [4.78, 5) is 42.7. The number of hydrogen-bond donors (Lipinski definition) is 0. The highest BCUT2D eigenvalue weighted by Gasteiger charge is 2.40. The molecule has 0 bridgehead atoms. The van der Waals surface area contributed by atoms with Gasteiger partial charge in [0.2, 0.25) is 5.91 Å². The van der Waals surface area contributed by atoms with Crippen molar-refractivity contribution in [3.63, 3.8) is 0 Å². The van der Waals surface area contributed by atoms with E-state index in [1.165, 1.54) is 0 Å². The van der Waals surface area contributed by atoms with Crippen LogP contribution >= 0.6 is 0 Å². The Balaban J connectivity index is 1.63. The molecule has 8 heteroatoms. The zero-order valence-corrected chi connectivity index (χ0v) is 17.7. The first-order valence-corrected chi connectivity index (χ1v) is 10.3. The van der Waals surface area contributed by atoms with Crippen molar-refractivity contribution < 1.29 is 14.3 Å².